The second kappa shape index (κ2) is 6.95. The lowest BCUT2D eigenvalue weighted by atomic mass is 10.2. The highest BCUT2D eigenvalue weighted by Crippen LogP contribution is 2.16. The summed E-state index contributed by atoms with van der Waals surface area (Å²) in [7, 11) is 0. The molecule has 2 rings (SSSR count). The molecule has 2 aromatic carbocycles. The van der Waals surface area contributed by atoms with E-state index in [1.165, 1.54) is 21.3 Å². The van der Waals surface area contributed by atoms with E-state index in [9.17, 15) is 4.39 Å². The van der Waals surface area contributed by atoms with E-state index >= 15 is 0 Å². The lowest BCUT2D eigenvalue weighted by Crippen LogP contribution is -1.78. The zero-order valence-electron chi connectivity index (χ0n) is 9.64. The fourth-order valence-electron chi connectivity index (χ4n) is 1.43. The molecule has 92 valence electrons. The van der Waals surface area contributed by atoms with Crippen molar-refractivity contribution >= 4 is 40.4 Å². The predicted octanol–water partition coefficient (Wildman–Crippen LogP) is 5.33. The van der Waals surface area contributed by atoms with E-state index in [1.54, 1.807) is 23.9 Å². The first-order chi connectivity index (χ1) is 8.74. The van der Waals surface area contributed by atoms with Crippen LogP contribution in [0, 0.1) is 9.39 Å². The zero-order valence-corrected chi connectivity index (χ0v) is 12.6. The smallest absolute Gasteiger partial charge is 0.123 e. The van der Waals surface area contributed by atoms with Crippen molar-refractivity contribution in [2.75, 3.05) is 0 Å². The summed E-state index contributed by atoms with van der Waals surface area (Å²) in [5, 5.41) is 2.05. The Hall–Kier alpha value is -0.810. The van der Waals surface area contributed by atoms with Crippen molar-refractivity contribution in [1.82, 2.24) is 0 Å². The van der Waals surface area contributed by atoms with Crippen LogP contribution < -0.4 is 0 Å². The topological polar surface area (TPSA) is 0 Å². The van der Waals surface area contributed by atoms with Crippen molar-refractivity contribution < 1.29 is 4.39 Å². The van der Waals surface area contributed by atoms with Gasteiger partial charge in [0.05, 0.1) is 0 Å². The van der Waals surface area contributed by atoms with Crippen molar-refractivity contribution in [3.63, 3.8) is 0 Å². The largest absolute Gasteiger partial charge is 0.207 e. The molecule has 0 spiro atoms. The highest BCUT2D eigenvalue weighted by Gasteiger charge is 1.92. The van der Waals surface area contributed by atoms with E-state index < -0.39 is 0 Å². The normalized spacial score (nSPS) is 11.0. The zero-order chi connectivity index (χ0) is 12.8. The lowest BCUT2D eigenvalue weighted by Gasteiger charge is -1.98. The summed E-state index contributed by atoms with van der Waals surface area (Å²) in [6.07, 6.45) is 2.00. The summed E-state index contributed by atoms with van der Waals surface area (Å²) in [5.74, 6) is 0.757. The van der Waals surface area contributed by atoms with Gasteiger partial charge in [-0.05, 0) is 69.5 Å². The van der Waals surface area contributed by atoms with Crippen LogP contribution in [-0.4, -0.2) is 0 Å². The van der Waals surface area contributed by atoms with Gasteiger partial charge in [0.25, 0.3) is 0 Å². The Labute approximate surface area is 124 Å². The second-order valence-electron chi connectivity index (χ2n) is 3.79. The van der Waals surface area contributed by atoms with E-state index in [1.807, 2.05) is 11.5 Å². The first kappa shape index (κ1) is 13.6. The molecule has 0 radical (unpaired) electrons. The van der Waals surface area contributed by atoms with Gasteiger partial charge in [0.2, 0.25) is 0 Å². The first-order valence-corrected chi connectivity index (χ1v) is 7.65. The van der Waals surface area contributed by atoms with Gasteiger partial charge in [0, 0.05) is 9.32 Å². The van der Waals surface area contributed by atoms with Gasteiger partial charge in [-0.1, -0.05) is 24.3 Å². The van der Waals surface area contributed by atoms with Crippen LogP contribution in [0.25, 0.3) is 6.08 Å². The Morgan fingerprint density at radius 1 is 1.00 bits per heavy atom. The van der Waals surface area contributed by atoms with Gasteiger partial charge in [-0.2, -0.15) is 0 Å². The number of hydrogen-bond donors (Lipinski definition) is 0. The summed E-state index contributed by atoms with van der Waals surface area (Å²) < 4.78 is 14.0. The monoisotopic (exact) mass is 370 g/mol. The number of halogens is 2. The Morgan fingerprint density at radius 3 is 2.33 bits per heavy atom. The maximum atomic E-state index is 12.7. The maximum absolute atomic E-state index is 12.7. The molecule has 0 saturated heterocycles. The minimum atomic E-state index is -0.196. The molecule has 2 aromatic rings. The van der Waals surface area contributed by atoms with Gasteiger partial charge in [0.15, 0.2) is 0 Å². The van der Waals surface area contributed by atoms with Crippen LogP contribution in [0.15, 0.2) is 53.9 Å². The molecular formula is C15H12FIS. The molecule has 0 saturated carbocycles. The van der Waals surface area contributed by atoms with Gasteiger partial charge in [0.1, 0.15) is 5.82 Å². The second-order valence-corrected chi connectivity index (χ2v) is 5.93. The molecule has 18 heavy (non-hydrogen) atoms. The van der Waals surface area contributed by atoms with Crippen LogP contribution in [0.4, 0.5) is 4.39 Å². The van der Waals surface area contributed by atoms with Gasteiger partial charge in [-0.15, -0.1) is 11.8 Å². The molecule has 0 bridgehead atoms. The molecule has 0 unspecified atom stereocenters. The fraction of sp³-hybridized carbons (Fsp3) is 0.0667. The Balaban J connectivity index is 1.84. The highest BCUT2D eigenvalue weighted by atomic mass is 127. The lowest BCUT2D eigenvalue weighted by molar-refractivity contribution is 0.628. The van der Waals surface area contributed by atoms with Gasteiger partial charge < -0.3 is 0 Å². The molecule has 3 heteroatoms. The molecule has 0 nitrogen and oxygen atoms in total. The van der Waals surface area contributed by atoms with Crippen molar-refractivity contribution in [1.29, 1.82) is 0 Å². The minimum Gasteiger partial charge on any atom is -0.207 e. The molecule has 0 aliphatic heterocycles. The van der Waals surface area contributed by atoms with Crippen LogP contribution in [0.1, 0.15) is 11.1 Å². The van der Waals surface area contributed by atoms with Crippen LogP contribution in [-0.2, 0) is 5.75 Å². The molecule has 0 aliphatic carbocycles. The summed E-state index contributed by atoms with van der Waals surface area (Å²) in [6, 6.07) is 15.0. The van der Waals surface area contributed by atoms with Crippen molar-refractivity contribution in [2.45, 2.75) is 5.75 Å². The standard InChI is InChI=1S/C15H12FIS/c16-14-5-1-12(2-6-14)9-10-18-11-13-3-7-15(17)8-4-13/h1-10H,11H2/b10-9-. The maximum Gasteiger partial charge on any atom is 0.123 e. The SMILES string of the molecule is Fc1ccc(/C=C\SCc2ccc(I)cc2)cc1. The Kier molecular flexibility index (Phi) is 5.26. The van der Waals surface area contributed by atoms with E-state index in [0.717, 1.165) is 11.3 Å². The van der Waals surface area contributed by atoms with E-state index in [-0.39, 0.29) is 5.82 Å². The quantitative estimate of drug-likeness (QED) is 0.656. The number of rotatable bonds is 4. The average molecular weight is 370 g/mol. The van der Waals surface area contributed by atoms with E-state index in [2.05, 4.69) is 46.9 Å². The number of hydrogen-bond acceptors (Lipinski definition) is 1. The summed E-state index contributed by atoms with van der Waals surface area (Å²) in [5.41, 5.74) is 2.33. The highest BCUT2D eigenvalue weighted by molar-refractivity contribution is 14.1. The average Bonchev–Trinajstić information content (AvgIpc) is 2.39. The number of thioether (sulfide) groups is 1. The van der Waals surface area contributed by atoms with Crippen LogP contribution in [0.5, 0.6) is 0 Å². The molecule has 0 heterocycles. The van der Waals surface area contributed by atoms with Gasteiger partial charge >= 0.3 is 0 Å². The third-order valence-corrected chi connectivity index (χ3v) is 3.94. The van der Waals surface area contributed by atoms with Crippen molar-refractivity contribution in [3.05, 3.63) is 74.5 Å². The van der Waals surface area contributed by atoms with E-state index in [4.69, 9.17) is 0 Å². The fourth-order valence-corrected chi connectivity index (χ4v) is 2.52. The molecular weight excluding hydrogens is 358 g/mol. The number of benzene rings is 2. The molecule has 0 fully saturated rings. The molecule has 0 amide bonds. The molecule has 0 aliphatic rings. The summed E-state index contributed by atoms with van der Waals surface area (Å²) in [4.78, 5) is 0. The van der Waals surface area contributed by atoms with Crippen molar-refractivity contribution in [3.8, 4) is 0 Å². The summed E-state index contributed by atoms with van der Waals surface area (Å²) in [6.45, 7) is 0. The Bertz CT molecular complexity index is 517. The molecule has 0 aromatic heterocycles. The molecule has 0 atom stereocenters. The van der Waals surface area contributed by atoms with Gasteiger partial charge in [-0.3, -0.25) is 0 Å². The predicted molar refractivity (Wildman–Crippen MR) is 85.9 cm³/mol. The summed E-state index contributed by atoms with van der Waals surface area (Å²) >= 11 is 4.03. The molecule has 0 N–H and O–H groups in total. The van der Waals surface area contributed by atoms with E-state index in [0.29, 0.717) is 0 Å². The third kappa shape index (κ3) is 4.46. The van der Waals surface area contributed by atoms with Crippen LogP contribution >= 0.6 is 34.4 Å². The van der Waals surface area contributed by atoms with Crippen LogP contribution in [0.2, 0.25) is 0 Å². The van der Waals surface area contributed by atoms with Gasteiger partial charge in [-0.25, -0.2) is 4.39 Å². The van der Waals surface area contributed by atoms with Crippen LogP contribution in [0.3, 0.4) is 0 Å². The first-order valence-electron chi connectivity index (χ1n) is 5.52. The third-order valence-electron chi connectivity index (χ3n) is 2.39. The van der Waals surface area contributed by atoms with Crippen molar-refractivity contribution in [2.24, 2.45) is 0 Å². The Morgan fingerprint density at radius 2 is 1.67 bits per heavy atom. The minimum absolute atomic E-state index is 0.196.